The van der Waals surface area contributed by atoms with E-state index in [1.807, 2.05) is 38.1 Å². The number of hydrogen-bond acceptors (Lipinski definition) is 7. The van der Waals surface area contributed by atoms with Gasteiger partial charge in [-0.15, -0.1) is 0 Å². The van der Waals surface area contributed by atoms with Gasteiger partial charge in [0.05, 0.1) is 19.7 Å². The molecule has 3 rings (SSSR count). The summed E-state index contributed by atoms with van der Waals surface area (Å²) in [6.45, 7) is 5.40. The first kappa shape index (κ1) is 21.5. The molecule has 1 amide bonds. The third-order valence-corrected chi connectivity index (χ3v) is 5.18. The number of aromatic nitrogens is 2. The van der Waals surface area contributed by atoms with Gasteiger partial charge in [-0.05, 0) is 44.4 Å². The Labute approximate surface area is 177 Å². The zero-order valence-electron chi connectivity index (χ0n) is 17.7. The first-order valence-electron chi connectivity index (χ1n) is 10.1. The lowest BCUT2D eigenvalue weighted by atomic mass is 10.1. The van der Waals surface area contributed by atoms with E-state index in [1.54, 1.807) is 24.4 Å². The molecule has 1 aliphatic rings. The summed E-state index contributed by atoms with van der Waals surface area (Å²) >= 11 is 0. The molecule has 0 bridgehead atoms. The van der Waals surface area contributed by atoms with E-state index in [2.05, 4.69) is 26.7 Å². The monoisotopic (exact) mass is 408 g/mol. The van der Waals surface area contributed by atoms with E-state index in [0.717, 1.165) is 29.7 Å². The quantitative estimate of drug-likeness (QED) is 0.691. The fourth-order valence-corrected chi connectivity index (χ4v) is 3.35. The van der Waals surface area contributed by atoms with E-state index in [-0.39, 0.29) is 24.0 Å². The SMILES string of the molecule is COc1cccc(-c2cnc(NCC(C)(C)NCC(=O)N3CCC[C@H]3C#N)nc2)c1. The minimum absolute atomic E-state index is 0.0361. The molecular weight excluding hydrogens is 380 g/mol. The molecule has 1 atom stereocenters. The number of carbonyl (C=O) groups excluding carboxylic acids is 1. The molecule has 0 spiro atoms. The van der Waals surface area contributed by atoms with Crippen LogP contribution in [0.1, 0.15) is 26.7 Å². The van der Waals surface area contributed by atoms with Gasteiger partial charge >= 0.3 is 0 Å². The van der Waals surface area contributed by atoms with Crippen LogP contribution in [0.4, 0.5) is 5.95 Å². The average Bonchev–Trinajstić information content (AvgIpc) is 3.26. The van der Waals surface area contributed by atoms with Crippen molar-refractivity contribution in [1.29, 1.82) is 5.26 Å². The number of methoxy groups -OCH3 is 1. The number of ether oxygens (including phenoxy) is 1. The maximum Gasteiger partial charge on any atom is 0.237 e. The van der Waals surface area contributed by atoms with Crippen molar-refractivity contribution in [3.8, 4) is 22.9 Å². The smallest absolute Gasteiger partial charge is 0.237 e. The van der Waals surface area contributed by atoms with Crippen LogP contribution in [0.2, 0.25) is 0 Å². The summed E-state index contributed by atoms with van der Waals surface area (Å²) in [6, 6.07) is 9.65. The first-order chi connectivity index (χ1) is 14.4. The second-order valence-corrected chi connectivity index (χ2v) is 7.99. The number of nitrogens with one attached hydrogen (secondary N) is 2. The third kappa shape index (κ3) is 5.45. The van der Waals surface area contributed by atoms with Crippen LogP contribution in [-0.2, 0) is 4.79 Å². The minimum atomic E-state index is -0.355. The summed E-state index contributed by atoms with van der Waals surface area (Å²) in [5.41, 5.74) is 1.53. The second-order valence-electron chi connectivity index (χ2n) is 7.99. The Bertz CT molecular complexity index is 907. The number of nitrogens with zero attached hydrogens (tertiary/aromatic N) is 4. The number of rotatable bonds is 8. The molecule has 2 N–H and O–H groups in total. The maximum absolute atomic E-state index is 12.4. The number of benzene rings is 1. The molecule has 30 heavy (non-hydrogen) atoms. The first-order valence-corrected chi connectivity index (χ1v) is 10.1. The van der Waals surface area contributed by atoms with Crippen LogP contribution in [0.3, 0.4) is 0 Å². The van der Waals surface area contributed by atoms with Gasteiger partial charge in [-0.25, -0.2) is 9.97 Å². The van der Waals surface area contributed by atoms with E-state index >= 15 is 0 Å². The molecule has 1 fully saturated rings. The predicted octanol–water partition coefficient (Wildman–Crippen LogP) is 2.45. The van der Waals surface area contributed by atoms with E-state index in [4.69, 9.17) is 10.00 Å². The Morgan fingerprint density at radius 1 is 1.33 bits per heavy atom. The summed E-state index contributed by atoms with van der Waals surface area (Å²) in [5.74, 6) is 1.27. The van der Waals surface area contributed by atoms with Crippen LogP contribution in [0.5, 0.6) is 5.75 Å². The molecule has 158 valence electrons. The van der Waals surface area contributed by atoms with E-state index in [9.17, 15) is 4.79 Å². The lowest BCUT2D eigenvalue weighted by molar-refractivity contribution is -0.130. The number of amides is 1. The van der Waals surface area contributed by atoms with Crippen LogP contribution >= 0.6 is 0 Å². The van der Waals surface area contributed by atoms with Crippen molar-refractivity contribution >= 4 is 11.9 Å². The zero-order valence-corrected chi connectivity index (χ0v) is 17.7. The summed E-state index contributed by atoms with van der Waals surface area (Å²) in [6.07, 6.45) is 5.18. The largest absolute Gasteiger partial charge is 0.497 e. The number of anilines is 1. The lowest BCUT2D eigenvalue weighted by Gasteiger charge is -2.28. The molecule has 2 heterocycles. The molecule has 8 nitrogen and oxygen atoms in total. The van der Waals surface area contributed by atoms with Gasteiger partial charge in [-0.3, -0.25) is 4.79 Å². The van der Waals surface area contributed by atoms with Gasteiger partial charge in [-0.2, -0.15) is 5.26 Å². The summed E-state index contributed by atoms with van der Waals surface area (Å²) in [7, 11) is 1.64. The van der Waals surface area contributed by atoms with E-state index in [1.165, 1.54) is 0 Å². The van der Waals surface area contributed by atoms with Crippen molar-refractivity contribution in [2.45, 2.75) is 38.3 Å². The van der Waals surface area contributed by atoms with Crippen LogP contribution in [0.25, 0.3) is 11.1 Å². The second kappa shape index (κ2) is 9.55. The van der Waals surface area contributed by atoms with Gasteiger partial charge in [0.2, 0.25) is 11.9 Å². The highest BCUT2D eigenvalue weighted by Crippen LogP contribution is 2.23. The number of carbonyl (C=O) groups is 1. The molecule has 0 aliphatic carbocycles. The molecular formula is C22H28N6O2. The Balaban J connectivity index is 1.51. The van der Waals surface area contributed by atoms with Crippen molar-refractivity contribution in [1.82, 2.24) is 20.2 Å². The minimum Gasteiger partial charge on any atom is -0.497 e. The van der Waals surface area contributed by atoms with Gasteiger partial charge in [0.15, 0.2) is 0 Å². The molecule has 8 heteroatoms. The van der Waals surface area contributed by atoms with Crippen molar-refractivity contribution in [3.63, 3.8) is 0 Å². The van der Waals surface area contributed by atoms with Crippen molar-refractivity contribution in [2.24, 2.45) is 0 Å². The average molecular weight is 409 g/mol. The van der Waals surface area contributed by atoms with Crippen LogP contribution in [0.15, 0.2) is 36.7 Å². The Kier molecular flexibility index (Phi) is 6.85. The zero-order chi connectivity index (χ0) is 21.6. The highest BCUT2D eigenvalue weighted by molar-refractivity contribution is 5.79. The van der Waals surface area contributed by atoms with Gasteiger partial charge in [0.25, 0.3) is 0 Å². The Morgan fingerprint density at radius 2 is 2.10 bits per heavy atom. The number of nitriles is 1. The van der Waals surface area contributed by atoms with Gasteiger partial charge in [0, 0.05) is 36.6 Å². The van der Waals surface area contributed by atoms with Crippen molar-refractivity contribution < 1.29 is 9.53 Å². The molecule has 0 saturated carbocycles. The van der Waals surface area contributed by atoms with Crippen molar-refractivity contribution in [2.75, 3.05) is 32.1 Å². The molecule has 1 aliphatic heterocycles. The molecule has 0 unspecified atom stereocenters. The van der Waals surface area contributed by atoms with Gasteiger partial charge in [-0.1, -0.05) is 12.1 Å². The van der Waals surface area contributed by atoms with Crippen LogP contribution in [-0.4, -0.2) is 59.1 Å². The standard InChI is InChI=1S/C22H28N6O2/c1-22(2,27-14-20(29)28-9-5-7-18(28)11-23)15-26-21-24-12-17(13-25-21)16-6-4-8-19(10-16)30-3/h4,6,8,10,12-13,18,27H,5,7,9,14-15H2,1-3H3,(H,24,25,26)/t18-/m0/s1. The molecule has 1 aromatic heterocycles. The van der Waals surface area contributed by atoms with Crippen LogP contribution < -0.4 is 15.4 Å². The molecule has 2 aromatic rings. The normalized spacial score (nSPS) is 16.2. The molecule has 1 aromatic carbocycles. The number of hydrogen-bond donors (Lipinski definition) is 2. The van der Waals surface area contributed by atoms with E-state index < -0.39 is 0 Å². The highest BCUT2D eigenvalue weighted by Gasteiger charge is 2.29. The Hall–Kier alpha value is -3.18. The third-order valence-electron chi connectivity index (χ3n) is 5.18. The Morgan fingerprint density at radius 3 is 2.80 bits per heavy atom. The predicted molar refractivity (Wildman–Crippen MR) is 115 cm³/mol. The topological polar surface area (TPSA) is 103 Å². The van der Waals surface area contributed by atoms with Crippen LogP contribution in [0, 0.1) is 11.3 Å². The maximum atomic E-state index is 12.4. The highest BCUT2D eigenvalue weighted by atomic mass is 16.5. The van der Waals surface area contributed by atoms with Crippen molar-refractivity contribution in [3.05, 3.63) is 36.7 Å². The fraction of sp³-hybridized carbons (Fsp3) is 0.455. The summed E-state index contributed by atoms with van der Waals surface area (Å²) < 4.78 is 5.26. The number of likely N-dealkylation sites (tertiary alicyclic amines) is 1. The van der Waals surface area contributed by atoms with Gasteiger partial charge < -0.3 is 20.3 Å². The molecule has 0 radical (unpaired) electrons. The lowest BCUT2D eigenvalue weighted by Crippen LogP contribution is -2.50. The summed E-state index contributed by atoms with van der Waals surface area (Å²) in [5, 5.41) is 15.6. The summed E-state index contributed by atoms with van der Waals surface area (Å²) in [4.78, 5) is 22.9. The van der Waals surface area contributed by atoms with E-state index in [0.29, 0.717) is 19.0 Å². The van der Waals surface area contributed by atoms with Gasteiger partial charge in [0.1, 0.15) is 11.8 Å². The fourth-order valence-electron chi connectivity index (χ4n) is 3.35. The molecule has 1 saturated heterocycles.